The van der Waals surface area contributed by atoms with Gasteiger partial charge in [0.2, 0.25) is 0 Å². The van der Waals surface area contributed by atoms with Gasteiger partial charge in [-0.3, -0.25) is 0 Å². The molecule has 0 bridgehead atoms. The third-order valence-electron chi connectivity index (χ3n) is 3.62. The van der Waals surface area contributed by atoms with Gasteiger partial charge in [0.25, 0.3) is 11.8 Å². The number of benzene rings is 1. The first-order chi connectivity index (χ1) is 9.18. The number of rotatable bonds is 3. The van der Waals surface area contributed by atoms with E-state index in [1.807, 2.05) is 37.3 Å². The van der Waals surface area contributed by atoms with Gasteiger partial charge in [-0.25, -0.2) is 0 Å². The summed E-state index contributed by atoms with van der Waals surface area (Å²) < 4.78 is 5.37. The van der Waals surface area contributed by atoms with Crippen LogP contribution in [0.3, 0.4) is 0 Å². The molecule has 1 aromatic heterocycles. The number of hydrogen-bond donors (Lipinski definition) is 1. The lowest BCUT2D eigenvalue weighted by Crippen LogP contribution is -2.34. The third kappa shape index (κ3) is 2.21. The van der Waals surface area contributed by atoms with Gasteiger partial charge < -0.3 is 15.2 Å². The largest absolute Gasteiger partial charge is 0.338 e. The highest BCUT2D eigenvalue weighted by molar-refractivity contribution is 5.34. The second-order valence-corrected chi connectivity index (χ2v) is 5.16. The molecule has 2 heterocycles. The van der Waals surface area contributed by atoms with Crippen LogP contribution in [-0.2, 0) is 5.54 Å². The van der Waals surface area contributed by atoms with E-state index in [0.717, 1.165) is 18.7 Å². The van der Waals surface area contributed by atoms with Gasteiger partial charge in [0.05, 0.1) is 0 Å². The van der Waals surface area contributed by atoms with Crippen molar-refractivity contribution in [2.45, 2.75) is 25.3 Å². The molecule has 1 aromatic carbocycles. The minimum absolute atomic E-state index is 0.459. The predicted octanol–water partition coefficient (Wildman–Crippen LogP) is 1.89. The van der Waals surface area contributed by atoms with Gasteiger partial charge in [-0.05, 0) is 30.5 Å². The molecule has 3 rings (SSSR count). The molecular formula is C14H18N4O. The highest BCUT2D eigenvalue weighted by atomic mass is 16.5. The Morgan fingerprint density at radius 3 is 2.58 bits per heavy atom. The van der Waals surface area contributed by atoms with E-state index in [-0.39, 0.29) is 0 Å². The standard InChI is InChI=1S/C14H18N4O/c1-14(15,11-7-3-2-4-8-11)12-16-13(17-19-12)18-9-5-6-10-18/h2-4,7-8H,5-6,9-10,15H2,1H3. The number of nitrogens with zero attached hydrogens (tertiary/aromatic N) is 3. The first-order valence-electron chi connectivity index (χ1n) is 6.61. The maximum Gasteiger partial charge on any atom is 0.266 e. The predicted molar refractivity (Wildman–Crippen MR) is 72.8 cm³/mol. The minimum atomic E-state index is -0.758. The van der Waals surface area contributed by atoms with Crippen LogP contribution in [0, 0.1) is 0 Å². The smallest absolute Gasteiger partial charge is 0.266 e. The average Bonchev–Trinajstić information content (AvgIpc) is 3.10. The molecule has 19 heavy (non-hydrogen) atoms. The monoisotopic (exact) mass is 258 g/mol. The normalized spacial score (nSPS) is 18.5. The summed E-state index contributed by atoms with van der Waals surface area (Å²) in [6.07, 6.45) is 2.37. The molecule has 100 valence electrons. The van der Waals surface area contributed by atoms with Gasteiger partial charge in [0, 0.05) is 13.1 Å². The maximum atomic E-state index is 6.36. The zero-order chi connectivity index (χ0) is 13.3. The molecule has 1 atom stereocenters. The molecule has 0 amide bonds. The summed E-state index contributed by atoms with van der Waals surface area (Å²) in [6, 6.07) is 9.82. The highest BCUT2D eigenvalue weighted by Crippen LogP contribution is 2.27. The van der Waals surface area contributed by atoms with Gasteiger partial charge in [0.1, 0.15) is 5.54 Å². The van der Waals surface area contributed by atoms with Crippen LogP contribution in [0.4, 0.5) is 5.95 Å². The van der Waals surface area contributed by atoms with E-state index < -0.39 is 5.54 Å². The van der Waals surface area contributed by atoms with Gasteiger partial charge >= 0.3 is 0 Å². The molecule has 5 nitrogen and oxygen atoms in total. The number of nitrogens with two attached hydrogens (primary N) is 1. The van der Waals surface area contributed by atoms with Crippen molar-refractivity contribution in [3.63, 3.8) is 0 Å². The fourth-order valence-corrected chi connectivity index (χ4v) is 2.38. The van der Waals surface area contributed by atoms with Gasteiger partial charge in [-0.1, -0.05) is 30.3 Å². The van der Waals surface area contributed by atoms with E-state index in [1.165, 1.54) is 12.8 Å². The van der Waals surface area contributed by atoms with Crippen molar-refractivity contribution in [3.05, 3.63) is 41.8 Å². The van der Waals surface area contributed by atoms with Crippen LogP contribution < -0.4 is 10.6 Å². The molecule has 1 unspecified atom stereocenters. The molecule has 1 fully saturated rings. The Morgan fingerprint density at radius 2 is 1.89 bits per heavy atom. The van der Waals surface area contributed by atoms with Crippen LogP contribution in [-0.4, -0.2) is 23.2 Å². The van der Waals surface area contributed by atoms with E-state index >= 15 is 0 Å². The first kappa shape index (κ1) is 12.2. The Labute approximate surface area is 112 Å². The first-order valence-corrected chi connectivity index (χ1v) is 6.61. The van der Waals surface area contributed by atoms with Crippen LogP contribution in [0.1, 0.15) is 31.2 Å². The van der Waals surface area contributed by atoms with Gasteiger partial charge in [-0.2, -0.15) is 4.98 Å². The Bertz CT molecular complexity index is 544. The van der Waals surface area contributed by atoms with Crippen molar-refractivity contribution in [3.8, 4) is 0 Å². The van der Waals surface area contributed by atoms with Gasteiger partial charge in [0.15, 0.2) is 0 Å². The topological polar surface area (TPSA) is 68.2 Å². The number of hydrogen-bond acceptors (Lipinski definition) is 5. The Kier molecular flexibility index (Phi) is 2.98. The molecule has 0 aliphatic carbocycles. The highest BCUT2D eigenvalue weighted by Gasteiger charge is 2.31. The minimum Gasteiger partial charge on any atom is -0.338 e. The van der Waals surface area contributed by atoms with Crippen LogP contribution in [0.25, 0.3) is 0 Å². The number of aromatic nitrogens is 2. The molecule has 2 aromatic rings. The summed E-state index contributed by atoms with van der Waals surface area (Å²) in [4.78, 5) is 6.60. The molecule has 2 N–H and O–H groups in total. The zero-order valence-corrected chi connectivity index (χ0v) is 11.0. The Hall–Kier alpha value is -1.88. The summed E-state index contributed by atoms with van der Waals surface area (Å²) in [6.45, 7) is 3.88. The van der Waals surface area contributed by atoms with Crippen molar-refractivity contribution in [1.29, 1.82) is 0 Å². The van der Waals surface area contributed by atoms with E-state index in [2.05, 4.69) is 15.0 Å². The third-order valence-corrected chi connectivity index (χ3v) is 3.62. The molecular weight excluding hydrogens is 240 g/mol. The van der Waals surface area contributed by atoms with Crippen LogP contribution in [0.2, 0.25) is 0 Å². The molecule has 1 aliphatic heterocycles. The van der Waals surface area contributed by atoms with Crippen molar-refractivity contribution < 1.29 is 4.52 Å². The van der Waals surface area contributed by atoms with E-state index in [4.69, 9.17) is 10.3 Å². The molecule has 1 aliphatic rings. The van der Waals surface area contributed by atoms with Crippen LogP contribution in [0.5, 0.6) is 0 Å². The summed E-state index contributed by atoms with van der Waals surface area (Å²) in [5.74, 6) is 1.11. The fourth-order valence-electron chi connectivity index (χ4n) is 2.38. The van der Waals surface area contributed by atoms with Crippen molar-refractivity contribution in [1.82, 2.24) is 10.1 Å². The quantitative estimate of drug-likeness (QED) is 0.910. The summed E-state index contributed by atoms with van der Waals surface area (Å²) >= 11 is 0. The lowest BCUT2D eigenvalue weighted by atomic mass is 9.93. The van der Waals surface area contributed by atoms with Crippen LogP contribution >= 0.6 is 0 Å². The molecule has 0 saturated carbocycles. The Morgan fingerprint density at radius 1 is 1.21 bits per heavy atom. The second-order valence-electron chi connectivity index (χ2n) is 5.16. The van der Waals surface area contributed by atoms with Crippen molar-refractivity contribution in [2.24, 2.45) is 5.73 Å². The lowest BCUT2D eigenvalue weighted by molar-refractivity contribution is 0.325. The average molecular weight is 258 g/mol. The number of anilines is 1. The maximum absolute atomic E-state index is 6.36. The molecule has 0 radical (unpaired) electrons. The van der Waals surface area contributed by atoms with Crippen LogP contribution in [0.15, 0.2) is 34.9 Å². The lowest BCUT2D eigenvalue weighted by Gasteiger charge is -2.20. The van der Waals surface area contributed by atoms with Crippen molar-refractivity contribution in [2.75, 3.05) is 18.0 Å². The van der Waals surface area contributed by atoms with E-state index in [1.54, 1.807) is 0 Å². The Balaban J connectivity index is 1.89. The molecule has 5 heteroatoms. The summed E-state index contributed by atoms with van der Waals surface area (Å²) in [5.41, 5.74) is 6.56. The van der Waals surface area contributed by atoms with E-state index in [0.29, 0.717) is 11.8 Å². The summed E-state index contributed by atoms with van der Waals surface area (Å²) in [5, 5.41) is 4.05. The molecule has 1 saturated heterocycles. The SMILES string of the molecule is CC(N)(c1ccccc1)c1nc(N2CCCC2)no1. The van der Waals surface area contributed by atoms with Crippen molar-refractivity contribution >= 4 is 5.95 Å². The zero-order valence-electron chi connectivity index (χ0n) is 11.0. The second kappa shape index (κ2) is 4.66. The fraction of sp³-hybridized carbons (Fsp3) is 0.429. The van der Waals surface area contributed by atoms with E-state index in [9.17, 15) is 0 Å². The van der Waals surface area contributed by atoms with Gasteiger partial charge in [-0.15, -0.1) is 0 Å². The molecule has 0 spiro atoms. The summed E-state index contributed by atoms with van der Waals surface area (Å²) in [7, 11) is 0.